The number of terminal acetylenes is 1. The molecule has 40 valence electrons. The molecule has 0 radical (unpaired) electrons. The van der Waals surface area contributed by atoms with Crippen molar-refractivity contribution < 1.29 is 62.3 Å². The Bertz CT molecular complexity index is 108. The summed E-state index contributed by atoms with van der Waals surface area (Å²) in [6, 6.07) is 0. The Kier molecular flexibility index (Phi) is 11.0. The third kappa shape index (κ3) is 6.67. The summed E-state index contributed by atoms with van der Waals surface area (Å²) in [6.45, 7) is 2.05. The van der Waals surface area contributed by atoms with Crippen molar-refractivity contribution in [2.75, 3.05) is 6.61 Å². The summed E-state index contributed by atoms with van der Waals surface area (Å²) in [7, 11) is 0. The normalized spacial score (nSPS) is 6.00. The van der Waals surface area contributed by atoms with Crippen LogP contribution in [0.15, 0.2) is 0 Å². The van der Waals surface area contributed by atoms with Crippen LogP contribution in [0.2, 0.25) is 0 Å². The van der Waals surface area contributed by atoms with E-state index in [1.165, 1.54) is 0 Å². The molecule has 0 aliphatic rings. The monoisotopic (exact) mass is 138 g/mol. The number of carbonyl (C=O) groups excluding carboxylic acids is 1. The van der Waals surface area contributed by atoms with Gasteiger partial charge in [0.25, 0.3) is 0 Å². The van der Waals surface area contributed by atoms with Gasteiger partial charge in [0.1, 0.15) is 0 Å². The largest absolute Gasteiger partial charge is 1.00 e. The third-order valence-corrected chi connectivity index (χ3v) is 0.393. The number of rotatable bonds is 1. The molecule has 0 aromatic rings. The molecule has 0 fully saturated rings. The van der Waals surface area contributed by atoms with E-state index < -0.39 is 5.97 Å². The zero-order chi connectivity index (χ0) is 5.70. The average molecular weight is 138 g/mol. The van der Waals surface area contributed by atoms with Gasteiger partial charge in [-0.05, 0) is 6.92 Å². The fourth-order valence-electron chi connectivity index (χ4n) is 0.173. The summed E-state index contributed by atoms with van der Waals surface area (Å²) >= 11 is 0. The molecule has 0 amide bonds. The SMILES string of the molecule is C#CC(=O)OCC.[H-].[K+]. The fraction of sp³-hybridized carbons (Fsp3) is 0.400. The molecule has 0 unspecified atom stereocenters. The molecule has 0 saturated carbocycles. The Morgan fingerprint density at radius 2 is 2.50 bits per heavy atom. The first-order chi connectivity index (χ1) is 3.31. The van der Waals surface area contributed by atoms with Crippen LogP contribution in [0.3, 0.4) is 0 Å². The maximum Gasteiger partial charge on any atom is 1.00 e. The third-order valence-electron chi connectivity index (χ3n) is 0.393. The van der Waals surface area contributed by atoms with Crippen LogP contribution in [0.4, 0.5) is 0 Å². The van der Waals surface area contributed by atoms with Gasteiger partial charge in [0.2, 0.25) is 0 Å². The fourth-order valence-corrected chi connectivity index (χ4v) is 0.173. The van der Waals surface area contributed by atoms with Crippen LogP contribution in [-0.4, -0.2) is 12.6 Å². The number of carbonyl (C=O) groups is 1. The van der Waals surface area contributed by atoms with Crippen LogP contribution >= 0.6 is 0 Å². The number of esters is 1. The second kappa shape index (κ2) is 7.67. The predicted octanol–water partition coefficient (Wildman–Crippen LogP) is -2.70. The first kappa shape index (κ1) is 11.5. The van der Waals surface area contributed by atoms with Gasteiger partial charge in [-0.25, -0.2) is 4.79 Å². The molecular weight excluding hydrogens is 131 g/mol. The standard InChI is InChI=1S/C5H6O2.K.H/c1-3-5(6)7-4-2;;/h1H,4H2,2H3;;/q;+1;-1. The second-order valence-electron chi connectivity index (χ2n) is 0.865. The summed E-state index contributed by atoms with van der Waals surface area (Å²) in [5, 5.41) is 0. The van der Waals surface area contributed by atoms with E-state index in [0.717, 1.165) is 0 Å². The van der Waals surface area contributed by atoms with Gasteiger partial charge in [0.05, 0.1) is 6.61 Å². The zero-order valence-electron chi connectivity index (χ0n) is 6.10. The molecule has 0 aromatic heterocycles. The molecule has 0 aromatic carbocycles. The molecule has 0 spiro atoms. The molecule has 8 heavy (non-hydrogen) atoms. The summed E-state index contributed by atoms with van der Waals surface area (Å²) in [6.07, 6.45) is 4.63. The van der Waals surface area contributed by atoms with Crippen LogP contribution in [-0.2, 0) is 9.53 Å². The predicted molar refractivity (Wildman–Crippen MR) is 26.6 cm³/mol. The second-order valence-corrected chi connectivity index (χ2v) is 0.865. The van der Waals surface area contributed by atoms with Crippen molar-refractivity contribution in [2.24, 2.45) is 0 Å². The maximum atomic E-state index is 9.95. The Labute approximate surface area is 92.9 Å². The van der Waals surface area contributed by atoms with Crippen molar-refractivity contribution in [3.05, 3.63) is 0 Å². The molecule has 0 aliphatic carbocycles. The molecule has 0 aliphatic heterocycles. The molecule has 0 rings (SSSR count). The zero-order valence-corrected chi connectivity index (χ0v) is 8.22. The minimum atomic E-state index is -0.595. The van der Waals surface area contributed by atoms with Gasteiger partial charge < -0.3 is 6.16 Å². The Balaban J connectivity index is -0.000000180. The molecule has 0 atom stereocenters. The quantitative estimate of drug-likeness (QED) is 0.171. The van der Waals surface area contributed by atoms with E-state index in [9.17, 15) is 4.79 Å². The van der Waals surface area contributed by atoms with Crippen molar-refractivity contribution in [1.29, 1.82) is 0 Å². The molecule has 2 nitrogen and oxygen atoms in total. The van der Waals surface area contributed by atoms with E-state index in [1.54, 1.807) is 12.8 Å². The van der Waals surface area contributed by atoms with Crippen molar-refractivity contribution in [3.63, 3.8) is 0 Å². The molecule has 0 heterocycles. The Hall–Kier alpha value is 0.666. The summed E-state index contributed by atoms with van der Waals surface area (Å²) in [5.41, 5.74) is 0. The number of hydrogen-bond donors (Lipinski definition) is 0. The smallest absolute Gasteiger partial charge is 1.00 e. The van der Waals surface area contributed by atoms with Crippen LogP contribution in [0.5, 0.6) is 0 Å². The van der Waals surface area contributed by atoms with E-state index in [2.05, 4.69) is 11.2 Å². The number of ether oxygens (including phenoxy) is 1. The van der Waals surface area contributed by atoms with Crippen molar-refractivity contribution in [2.45, 2.75) is 6.92 Å². The van der Waals surface area contributed by atoms with E-state index in [-0.39, 0.29) is 52.8 Å². The number of hydrogen-bond acceptors (Lipinski definition) is 2. The van der Waals surface area contributed by atoms with Gasteiger partial charge in [-0.2, -0.15) is 0 Å². The Morgan fingerprint density at radius 3 is 2.62 bits per heavy atom. The van der Waals surface area contributed by atoms with Crippen molar-refractivity contribution in [1.82, 2.24) is 0 Å². The topological polar surface area (TPSA) is 26.3 Å². The van der Waals surface area contributed by atoms with E-state index in [4.69, 9.17) is 0 Å². The van der Waals surface area contributed by atoms with Crippen molar-refractivity contribution in [3.8, 4) is 12.3 Å². The molecule has 3 heteroatoms. The first-order valence-corrected chi connectivity index (χ1v) is 1.94. The van der Waals surface area contributed by atoms with Crippen molar-refractivity contribution >= 4 is 5.97 Å². The first-order valence-electron chi connectivity index (χ1n) is 1.94. The van der Waals surface area contributed by atoms with Gasteiger partial charge in [-0.3, -0.25) is 0 Å². The van der Waals surface area contributed by atoms with Gasteiger partial charge in [-0.15, -0.1) is 6.42 Å². The van der Waals surface area contributed by atoms with Crippen LogP contribution in [0.1, 0.15) is 8.35 Å². The van der Waals surface area contributed by atoms with Crippen LogP contribution in [0, 0.1) is 12.3 Å². The summed E-state index contributed by atoms with van der Waals surface area (Å²) in [5.74, 6) is 1.21. The molecular formula is C5H7KO2. The summed E-state index contributed by atoms with van der Waals surface area (Å²) in [4.78, 5) is 9.95. The molecule has 0 N–H and O–H groups in total. The van der Waals surface area contributed by atoms with E-state index in [1.807, 2.05) is 0 Å². The minimum Gasteiger partial charge on any atom is -1.00 e. The van der Waals surface area contributed by atoms with E-state index in [0.29, 0.717) is 6.61 Å². The average Bonchev–Trinajstić information content (AvgIpc) is 1.68. The maximum absolute atomic E-state index is 9.95. The van der Waals surface area contributed by atoms with Gasteiger partial charge in [0, 0.05) is 5.92 Å². The molecule has 0 bridgehead atoms. The molecule has 0 saturated heterocycles. The van der Waals surface area contributed by atoms with Gasteiger partial charge >= 0.3 is 57.4 Å². The van der Waals surface area contributed by atoms with Gasteiger partial charge in [0.15, 0.2) is 0 Å². The van der Waals surface area contributed by atoms with E-state index >= 15 is 0 Å². The summed E-state index contributed by atoms with van der Waals surface area (Å²) < 4.78 is 4.32. The van der Waals surface area contributed by atoms with Crippen LogP contribution in [0.25, 0.3) is 0 Å². The van der Waals surface area contributed by atoms with Gasteiger partial charge in [-0.1, -0.05) is 0 Å². The minimum absolute atomic E-state index is 0. The Morgan fingerprint density at radius 1 is 2.00 bits per heavy atom. The van der Waals surface area contributed by atoms with Crippen LogP contribution < -0.4 is 51.4 Å².